The summed E-state index contributed by atoms with van der Waals surface area (Å²) in [7, 11) is -4.01. The summed E-state index contributed by atoms with van der Waals surface area (Å²) in [5.74, 6) is 2.47. The molecule has 0 saturated carbocycles. The first-order valence-electron chi connectivity index (χ1n) is 34.4. The van der Waals surface area contributed by atoms with E-state index >= 15 is 0 Å². The van der Waals surface area contributed by atoms with E-state index in [2.05, 4.69) is 197 Å². The summed E-state index contributed by atoms with van der Waals surface area (Å²) in [6.07, 6.45) is 1.85. The molecule has 0 atom stereocenters. The lowest BCUT2D eigenvalue weighted by Gasteiger charge is -2.28. The van der Waals surface area contributed by atoms with E-state index in [1.165, 1.54) is 12.1 Å². The second-order valence-corrected chi connectivity index (χ2v) is 34.4. The lowest BCUT2D eigenvalue weighted by Crippen LogP contribution is -2.18. The number of phenolic OH excluding ortho intramolecular Hbond substituents is 3. The monoisotopic (exact) mass is 1330 g/mol. The van der Waals surface area contributed by atoms with Crippen molar-refractivity contribution < 1.29 is 56.3 Å². The molecular weight excluding hydrogens is 1220 g/mol. The molecule has 2 aliphatic rings. The fourth-order valence-corrected chi connectivity index (χ4v) is 13.4. The molecule has 3 N–H and O–H groups in total. The van der Waals surface area contributed by atoms with Crippen molar-refractivity contribution in [2.75, 3.05) is 66.1 Å². The summed E-state index contributed by atoms with van der Waals surface area (Å²) >= 11 is 0. The van der Waals surface area contributed by atoms with E-state index in [0.717, 1.165) is 94.6 Å². The standard InChI is InChI=1S/C83H108O12S/c1-52-20-22-71(23-21-52)96(87,88)95-33-29-91-28-32-94-77-62-38-58-45-67(80(8,9)10)44-57(74(58)86)37-60-47-68(81(11,12)13)46-59-35-55-42-65(78(2,3)4)40-53(72(55)84)34-54-41-66(79(5,6)7)43-56(73(54)85)36-61-48-69(82(14,15)16)50-63(39-64(77)51-70(49-62)83(17,18)19)76(61)93-31-27-90-25-24-89-26-30-92-75(59)60/h20-23,40-51,84-86H,24-39H2,1-19H3. The van der Waals surface area contributed by atoms with Crippen LogP contribution in [0.5, 0.6) is 34.5 Å². The number of ether oxygens (including phenoxy) is 6. The summed E-state index contributed by atoms with van der Waals surface area (Å²) in [4.78, 5) is 0.0805. The molecule has 13 heteroatoms. The molecule has 518 valence electrons. The third-order valence-corrected chi connectivity index (χ3v) is 19.9. The highest BCUT2D eigenvalue weighted by molar-refractivity contribution is 7.86. The maximum absolute atomic E-state index is 13.2. The molecule has 9 rings (SSSR count). The number of benzene rings is 7. The van der Waals surface area contributed by atoms with Crippen LogP contribution in [0.3, 0.4) is 0 Å². The molecular formula is C83H108O12S. The van der Waals surface area contributed by atoms with Gasteiger partial charge in [0, 0.05) is 38.5 Å². The van der Waals surface area contributed by atoms with Gasteiger partial charge in [0.2, 0.25) is 0 Å². The first-order chi connectivity index (χ1) is 44.7. The van der Waals surface area contributed by atoms with Gasteiger partial charge in [-0.1, -0.05) is 215 Å². The third kappa shape index (κ3) is 18.1. The molecule has 0 spiro atoms. The summed E-state index contributed by atoms with van der Waals surface area (Å²) < 4.78 is 71.7. The van der Waals surface area contributed by atoms with E-state index in [1.807, 2.05) is 6.92 Å². The van der Waals surface area contributed by atoms with Crippen LogP contribution in [0.15, 0.2) is 102 Å². The highest BCUT2D eigenvalue weighted by atomic mass is 32.2. The van der Waals surface area contributed by atoms with E-state index in [4.69, 9.17) is 32.6 Å². The van der Waals surface area contributed by atoms with Gasteiger partial charge >= 0.3 is 0 Å². The van der Waals surface area contributed by atoms with Gasteiger partial charge in [-0.05, 0) is 152 Å². The Labute approximate surface area is 574 Å². The van der Waals surface area contributed by atoms with Crippen LogP contribution in [0.1, 0.15) is 230 Å². The van der Waals surface area contributed by atoms with E-state index in [9.17, 15) is 23.7 Å². The topological polar surface area (TPSA) is 159 Å². The second kappa shape index (κ2) is 28.9. The Morgan fingerprint density at radius 3 is 0.938 bits per heavy atom. The predicted octanol–water partition coefficient (Wildman–Crippen LogP) is 17.4. The van der Waals surface area contributed by atoms with Crippen LogP contribution in [-0.2, 0) is 99.5 Å². The van der Waals surface area contributed by atoms with Gasteiger partial charge < -0.3 is 43.7 Å². The van der Waals surface area contributed by atoms with Gasteiger partial charge in [0.1, 0.15) is 54.3 Å². The molecule has 0 aliphatic carbocycles. The predicted molar refractivity (Wildman–Crippen MR) is 386 cm³/mol. The highest BCUT2D eigenvalue weighted by Crippen LogP contribution is 2.46. The van der Waals surface area contributed by atoms with Crippen molar-refractivity contribution in [2.24, 2.45) is 0 Å². The number of aryl methyl sites for hydroxylation is 1. The third-order valence-electron chi connectivity index (χ3n) is 18.6. The Hall–Kier alpha value is -6.87. The quantitative estimate of drug-likeness (QED) is 0.0714. The molecule has 2 aliphatic heterocycles. The van der Waals surface area contributed by atoms with Crippen molar-refractivity contribution in [1.82, 2.24) is 0 Å². The van der Waals surface area contributed by atoms with Crippen LogP contribution < -0.4 is 14.2 Å². The number of rotatable bonds is 9. The van der Waals surface area contributed by atoms with Crippen molar-refractivity contribution in [3.05, 3.63) is 203 Å². The van der Waals surface area contributed by atoms with E-state index in [-0.39, 0.29) is 114 Å². The molecule has 0 amide bonds. The van der Waals surface area contributed by atoms with Crippen LogP contribution in [0.4, 0.5) is 0 Å². The molecule has 0 fully saturated rings. The van der Waals surface area contributed by atoms with Gasteiger partial charge in [-0.2, -0.15) is 8.42 Å². The highest BCUT2D eigenvalue weighted by Gasteiger charge is 2.31. The second-order valence-electron chi connectivity index (χ2n) is 32.8. The van der Waals surface area contributed by atoms with Crippen LogP contribution in [0.25, 0.3) is 0 Å². The largest absolute Gasteiger partial charge is 0.507 e. The minimum absolute atomic E-state index is 0.00315. The Kier molecular flexibility index (Phi) is 22.1. The number of fused-ring (bicyclic) bond motifs is 17. The van der Waals surface area contributed by atoms with Gasteiger partial charge in [0.05, 0.1) is 51.1 Å². The summed E-state index contributed by atoms with van der Waals surface area (Å²) in [6, 6.07) is 32.7. The average molecular weight is 1330 g/mol. The lowest BCUT2D eigenvalue weighted by molar-refractivity contribution is 0.0270. The molecule has 0 saturated heterocycles. The maximum atomic E-state index is 13.2. The Bertz CT molecular complexity index is 4040. The van der Waals surface area contributed by atoms with E-state index < -0.39 is 10.1 Å². The van der Waals surface area contributed by atoms with Crippen molar-refractivity contribution in [1.29, 1.82) is 0 Å². The Morgan fingerprint density at radius 2 is 0.615 bits per heavy atom. The first-order valence-corrected chi connectivity index (χ1v) is 35.8. The number of phenols is 3. The van der Waals surface area contributed by atoms with Crippen molar-refractivity contribution in [3.63, 3.8) is 0 Å². The zero-order valence-corrected chi connectivity index (χ0v) is 61.8. The zero-order chi connectivity index (χ0) is 70.1. The molecule has 0 unspecified atom stereocenters. The van der Waals surface area contributed by atoms with Crippen molar-refractivity contribution in [3.8, 4) is 34.5 Å². The minimum atomic E-state index is -4.01. The molecule has 7 aromatic carbocycles. The molecule has 96 heavy (non-hydrogen) atoms. The Balaban J connectivity index is 1.33. The van der Waals surface area contributed by atoms with Gasteiger partial charge in [0.25, 0.3) is 10.1 Å². The van der Waals surface area contributed by atoms with Crippen LogP contribution >= 0.6 is 0 Å². The van der Waals surface area contributed by atoms with Gasteiger partial charge in [-0.3, -0.25) is 4.18 Å². The fourth-order valence-electron chi connectivity index (χ4n) is 12.5. The normalized spacial score (nSPS) is 15.1. The minimum Gasteiger partial charge on any atom is -0.507 e. The lowest BCUT2D eigenvalue weighted by atomic mass is 9.79. The number of aromatic hydroxyl groups is 3. The average Bonchev–Trinajstić information content (AvgIpc) is 0.779. The van der Waals surface area contributed by atoms with Crippen LogP contribution in [0, 0.1) is 6.92 Å². The van der Waals surface area contributed by atoms with E-state index in [0.29, 0.717) is 73.7 Å². The molecule has 12 nitrogen and oxygen atoms in total. The van der Waals surface area contributed by atoms with Crippen molar-refractivity contribution in [2.45, 2.75) is 207 Å². The number of hydrogen-bond acceptors (Lipinski definition) is 12. The first kappa shape index (κ1) is 73.4. The van der Waals surface area contributed by atoms with Gasteiger partial charge in [-0.15, -0.1) is 0 Å². The fraction of sp³-hybridized carbons (Fsp3) is 0.494. The maximum Gasteiger partial charge on any atom is 0.297 e. The molecule has 2 heterocycles. The molecule has 0 aromatic heterocycles. The number of hydrogen-bond donors (Lipinski definition) is 3. The van der Waals surface area contributed by atoms with E-state index in [1.54, 1.807) is 12.1 Å². The van der Waals surface area contributed by atoms with Gasteiger partial charge in [0.15, 0.2) is 0 Å². The van der Waals surface area contributed by atoms with Crippen LogP contribution in [-0.4, -0.2) is 89.8 Å². The smallest absolute Gasteiger partial charge is 0.297 e. The summed E-state index contributed by atoms with van der Waals surface area (Å²) in [5.41, 5.74) is 15.0. The molecule has 7 aromatic rings. The van der Waals surface area contributed by atoms with Crippen LogP contribution in [0.2, 0.25) is 0 Å². The summed E-state index contributed by atoms with van der Waals surface area (Å²) in [6.45, 7) is 43.2. The summed E-state index contributed by atoms with van der Waals surface area (Å²) in [5, 5.41) is 39.3. The Morgan fingerprint density at radius 1 is 0.354 bits per heavy atom. The van der Waals surface area contributed by atoms with Gasteiger partial charge in [-0.25, -0.2) is 0 Å². The molecule has 10 bridgehead atoms. The zero-order valence-electron chi connectivity index (χ0n) is 61.0. The van der Waals surface area contributed by atoms with Crippen molar-refractivity contribution >= 4 is 10.1 Å². The SMILES string of the molecule is Cc1ccc(S(=O)(=O)OCCOCCOc2c3cc(C(C)(C)C)cc2Cc2cc(C(C)(C)C)cc4c2OCCOCCOCCOc2c(cc(C(C)(C)C)cc2Cc2cc(C(C)(C)C)cc(c2O)C3)Cc2cc(C(C)(C)C)cc(c2O)Cc2cc(C(C)(C)C)cc(c2O)C4)cc1. The molecule has 0 radical (unpaired) electrons.